The first-order chi connectivity index (χ1) is 13.0. The Balaban J connectivity index is 1.74. The molecule has 4 atom stereocenters. The van der Waals surface area contributed by atoms with Gasteiger partial charge in [0.25, 0.3) is 0 Å². The van der Waals surface area contributed by atoms with Crippen molar-refractivity contribution in [3.8, 4) is 0 Å². The van der Waals surface area contributed by atoms with E-state index >= 15 is 0 Å². The van der Waals surface area contributed by atoms with E-state index in [-0.39, 0.29) is 17.5 Å². The predicted octanol–water partition coefficient (Wildman–Crippen LogP) is 4.38. The Bertz CT molecular complexity index is 804. The molecule has 1 N–H and O–H groups in total. The lowest BCUT2D eigenvalue weighted by atomic mass is 9.49. The Morgan fingerprint density at radius 1 is 1.33 bits per heavy atom. The van der Waals surface area contributed by atoms with Crippen LogP contribution in [0.3, 0.4) is 0 Å². The van der Waals surface area contributed by atoms with Crippen molar-refractivity contribution in [1.82, 2.24) is 0 Å². The molecule has 4 rings (SSSR count). The molecule has 3 aliphatic carbocycles. The molecule has 142 valence electrons. The molecule has 0 aliphatic heterocycles. The molecule has 0 saturated heterocycles. The van der Waals surface area contributed by atoms with Crippen LogP contribution in [0.25, 0.3) is 0 Å². The molecule has 0 heterocycles. The maximum absolute atomic E-state index is 12.0. The van der Waals surface area contributed by atoms with Gasteiger partial charge in [-0.1, -0.05) is 48.6 Å². The molecule has 0 aromatic heterocycles. The minimum Gasteiger partial charge on any atom is -0.465 e. The number of hydrogen-bond donors (Lipinski definition) is 1. The van der Waals surface area contributed by atoms with Crippen LogP contribution in [0, 0.1) is 17.3 Å². The van der Waals surface area contributed by atoms with Gasteiger partial charge in [0.2, 0.25) is 0 Å². The lowest BCUT2D eigenvalue weighted by Crippen LogP contribution is -2.49. The molecule has 3 unspecified atom stereocenters. The number of aliphatic hydroxyl groups excluding tert-OH is 1. The molecule has 3 nitrogen and oxygen atoms in total. The molecule has 0 spiro atoms. The van der Waals surface area contributed by atoms with Crippen molar-refractivity contribution in [3.05, 3.63) is 71.3 Å². The number of carbonyl (C=O) groups excluding carboxylic acids is 1. The SMILES string of the molecule is C=C1CC2CC(O)CC[C@@]2(Cc2ccccc2)C2CC=C(C(=O)OC)C=C12. The van der Waals surface area contributed by atoms with Crippen LogP contribution in [0.15, 0.2) is 65.8 Å². The maximum Gasteiger partial charge on any atom is 0.337 e. The molecule has 0 amide bonds. The van der Waals surface area contributed by atoms with Gasteiger partial charge in [0.1, 0.15) is 0 Å². The second kappa shape index (κ2) is 7.12. The van der Waals surface area contributed by atoms with Gasteiger partial charge in [-0.05, 0) is 73.0 Å². The fraction of sp³-hybridized carbons (Fsp3) is 0.458. The van der Waals surface area contributed by atoms with Crippen LogP contribution in [0.1, 0.15) is 37.7 Å². The van der Waals surface area contributed by atoms with Gasteiger partial charge in [-0.25, -0.2) is 4.79 Å². The Kier molecular flexibility index (Phi) is 4.81. The van der Waals surface area contributed by atoms with Crippen LogP contribution < -0.4 is 0 Å². The fourth-order valence-electron chi connectivity index (χ4n) is 5.66. The largest absolute Gasteiger partial charge is 0.465 e. The third-order valence-electron chi connectivity index (χ3n) is 6.96. The lowest BCUT2D eigenvalue weighted by Gasteiger charge is -2.56. The summed E-state index contributed by atoms with van der Waals surface area (Å²) in [6.45, 7) is 4.34. The van der Waals surface area contributed by atoms with Crippen LogP contribution >= 0.6 is 0 Å². The van der Waals surface area contributed by atoms with E-state index in [1.165, 1.54) is 18.2 Å². The van der Waals surface area contributed by atoms with Gasteiger partial charge >= 0.3 is 5.97 Å². The molecule has 0 bridgehead atoms. The van der Waals surface area contributed by atoms with Gasteiger partial charge < -0.3 is 9.84 Å². The Labute approximate surface area is 161 Å². The Morgan fingerprint density at radius 3 is 2.85 bits per heavy atom. The summed E-state index contributed by atoms with van der Waals surface area (Å²) in [6, 6.07) is 10.7. The van der Waals surface area contributed by atoms with E-state index in [2.05, 4.69) is 36.9 Å². The highest BCUT2D eigenvalue weighted by Gasteiger charge is 2.52. The maximum atomic E-state index is 12.0. The molecule has 0 radical (unpaired) electrons. The average Bonchev–Trinajstić information content (AvgIpc) is 2.69. The molecule has 3 heteroatoms. The summed E-state index contributed by atoms with van der Waals surface area (Å²) < 4.78 is 4.93. The highest BCUT2D eigenvalue weighted by Crippen LogP contribution is 2.60. The zero-order valence-corrected chi connectivity index (χ0v) is 16.0. The van der Waals surface area contributed by atoms with Gasteiger partial charge in [0.15, 0.2) is 0 Å². The minimum atomic E-state index is -0.271. The zero-order chi connectivity index (χ0) is 19.0. The molecule has 27 heavy (non-hydrogen) atoms. The summed E-state index contributed by atoms with van der Waals surface area (Å²) in [6.07, 6.45) is 9.32. The van der Waals surface area contributed by atoms with Crippen molar-refractivity contribution >= 4 is 5.97 Å². The van der Waals surface area contributed by atoms with Gasteiger partial charge in [-0.3, -0.25) is 0 Å². The van der Waals surface area contributed by atoms with Crippen LogP contribution in [0.5, 0.6) is 0 Å². The molecule has 2 fully saturated rings. The van der Waals surface area contributed by atoms with Crippen LogP contribution in [0.4, 0.5) is 0 Å². The van der Waals surface area contributed by atoms with Gasteiger partial charge in [-0.2, -0.15) is 0 Å². The van der Waals surface area contributed by atoms with Crippen molar-refractivity contribution in [2.75, 3.05) is 7.11 Å². The second-order valence-electron chi connectivity index (χ2n) is 8.37. The van der Waals surface area contributed by atoms with E-state index in [1.807, 2.05) is 12.2 Å². The number of hydrogen-bond acceptors (Lipinski definition) is 3. The quantitative estimate of drug-likeness (QED) is 0.810. The standard InChI is InChI=1S/C24H28O3/c1-16-12-19-14-20(25)10-11-24(19,15-17-6-4-3-5-7-17)22-9-8-18(13-21(16)22)23(26)27-2/h3-8,13,19-20,22,25H,1,9-12,14-15H2,2H3/t19?,20?,22?,24-/m0/s1. The third-order valence-corrected chi connectivity index (χ3v) is 6.96. The number of benzene rings is 1. The van der Waals surface area contributed by atoms with Gasteiger partial charge in [0.05, 0.1) is 18.8 Å². The zero-order valence-electron chi connectivity index (χ0n) is 16.0. The third kappa shape index (κ3) is 3.19. The van der Waals surface area contributed by atoms with Crippen molar-refractivity contribution in [2.45, 2.75) is 44.6 Å². The number of ether oxygens (including phenoxy) is 1. The highest BCUT2D eigenvalue weighted by molar-refractivity contribution is 5.92. The molecule has 1 aromatic rings. The van der Waals surface area contributed by atoms with E-state index in [9.17, 15) is 9.90 Å². The van der Waals surface area contributed by atoms with E-state index in [0.29, 0.717) is 17.4 Å². The number of rotatable bonds is 3. The predicted molar refractivity (Wildman–Crippen MR) is 106 cm³/mol. The number of methoxy groups -OCH3 is 1. The topological polar surface area (TPSA) is 46.5 Å². The number of allylic oxidation sites excluding steroid dienone is 3. The van der Waals surface area contributed by atoms with E-state index in [1.54, 1.807) is 0 Å². The van der Waals surface area contributed by atoms with Crippen molar-refractivity contribution in [3.63, 3.8) is 0 Å². The van der Waals surface area contributed by atoms with Crippen molar-refractivity contribution in [2.24, 2.45) is 17.3 Å². The van der Waals surface area contributed by atoms with Crippen molar-refractivity contribution in [1.29, 1.82) is 0 Å². The number of carbonyl (C=O) groups is 1. The molecular formula is C24H28O3. The monoisotopic (exact) mass is 364 g/mol. The molecular weight excluding hydrogens is 336 g/mol. The Morgan fingerprint density at radius 2 is 2.11 bits per heavy atom. The van der Waals surface area contributed by atoms with E-state index in [0.717, 1.165) is 44.1 Å². The summed E-state index contributed by atoms with van der Waals surface area (Å²) in [5, 5.41) is 10.3. The number of aliphatic hydroxyl groups is 1. The van der Waals surface area contributed by atoms with E-state index in [4.69, 9.17) is 4.74 Å². The van der Waals surface area contributed by atoms with Gasteiger partial charge in [0, 0.05) is 0 Å². The lowest BCUT2D eigenvalue weighted by molar-refractivity contribution is -0.135. The summed E-state index contributed by atoms with van der Waals surface area (Å²) in [5.41, 5.74) is 4.47. The summed E-state index contributed by atoms with van der Waals surface area (Å²) in [5.74, 6) is 0.515. The van der Waals surface area contributed by atoms with Crippen LogP contribution in [0.2, 0.25) is 0 Å². The van der Waals surface area contributed by atoms with Gasteiger partial charge in [-0.15, -0.1) is 0 Å². The summed E-state index contributed by atoms with van der Waals surface area (Å²) in [7, 11) is 1.43. The first-order valence-corrected chi connectivity index (χ1v) is 9.93. The fourth-order valence-corrected chi connectivity index (χ4v) is 5.66. The summed E-state index contributed by atoms with van der Waals surface area (Å²) >= 11 is 0. The highest BCUT2D eigenvalue weighted by atomic mass is 16.5. The molecule has 1 aromatic carbocycles. The Hall–Kier alpha value is -2.13. The van der Waals surface area contributed by atoms with Crippen LogP contribution in [-0.4, -0.2) is 24.3 Å². The molecule has 2 saturated carbocycles. The number of esters is 1. The first-order valence-electron chi connectivity index (χ1n) is 9.93. The second-order valence-corrected chi connectivity index (χ2v) is 8.37. The normalized spacial score (nSPS) is 32.7. The first kappa shape index (κ1) is 18.2. The number of fused-ring (bicyclic) bond motifs is 3. The summed E-state index contributed by atoms with van der Waals surface area (Å²) in [4.78, 5) is 12.0. The van der Waals surface area contributed by atoms with Crippen molar-refractivity contribution < 1.29 is 14.6 Å². The molecule has 3 aliphatic rings. The van der Waals surface area contributed by atoms with Crippen LogP contribution in [-0.2, 0) is 16.0 Å². The average molecular weight is 364 g/mol. The van der Waals surface area contributed by atoms with E-state index < -0.39 is 0 Å². The minimum absolute atomic E-state index is 0.117. The smallest absolute Gasteiger partial charge is 0.337 e.